The molecule has 1 atom stereocenters. The predicted octanol–water partition coefficient (Wildman–Crippen LogP) is 2.29. The normalized spacial score (nSPS) is 20.1. The Balaban J connectivity index is 2.10. The molecule has 2 nitrogen and oxygen atoms in total. The second-order valence-electron chi connectivity index (χ2n) is 3.95. The summed E-state index contributed by atoms with van der Waals surface area (Å²) in [5.74, 6) is 1.20. The van der Waals surface area contributed by atoms with Gasteiger partial charge in [-0.25, -0.2) is 0 Å². The van der Waals surface area contributed by atoms with Gasteiger partial charge in [-0.15, -0.1) is 0 Å². The number of hydrogen-bond donors (Lipinski definition) is 1. The number of thioether (sulfide) groups is 1. The van der Waals surface area contributed by atoms with Gasteiger partial charge in [-0.1, -0.05) is 19.8 Å². The summed E-state index contributed by atoms with van der Waals surface area (Å²) in [5, 5.41) is 4.39. The first-order valence-electron chi connectivity index (χ1n) is 5.70. The molecule has 0 spiro atoms. The second kappa shape index (κ2) is 7.55. The van der Waals surface area contributed by atoms with Gasteiger partial charge in [-0.05, 0) is 19.4 Å². The standard InChI is InChI=1S/C11H23NOS/c1-3-12-10(8-13-2)9-14-11-6-4-5-7-11/h10-12H,3-9H2,1-2H3. The van der Waals surface area contributed by atoms with E-state index in [1.54, 1.807) is 7.11 Å². The quantitative estimate of drug-likeness (QED) is 0.707. The third-order valence-corrected chi connectivity index (χ3v) is 4.23. The number of nitrogens with one attached hydrogen (secondary N) is 1. The van der Waals surface area contributed by atoms with Gasteiger partial charge in [-0.3, -0.25) is 0 Å². The highest BCUT2D eigenvalue weighted by molar-refractivity contribution is 7.99. The van der Waals surface area contributed by atoms with Crippen LogP contribution in [0, 0.1) is 0 Å². The lowest BCUT2D eigenvalue weighted by Gasteiger charge is -2.18. The lowest BCUT2D eigenvalue weighted by Crippen LogP contribution is -2.35. The van der Waals surface area contributed by atoms with Crippen LogP contribution >= 0.6 is 11.8 Å². The molecule has 84 valence electrons. The van der Waals surface area contributed by atoms with Crippen LogP contribution in [0.4, 0.5) is 0 Å². The van der Waals surface area contributed by atoms with Crippen molar-refractivity contribution in [1.29, 1.82) is 0 Å². The van der Waals surface area contributed by atoms with E-state index >= 15 is 0 Å². The largest absolute Gasteiger partial charge is 0.383 e. The van der Waals surface area contributed by atoms with Crippen molar-refractivity contribution >= 4 is 11.8 Å². The van der Waals surface area contributed by atoms with E-state index in [0.29, 0.717) is 6.04 Å². The Bertz CT molecular complexity index is 131. The SMILES string of the molecule is CCNC(COC)CSC1CCCC1. The lowest BCUT2D eigenvalue weighted by atomic mass is 10.3. The highest BCUT2D eigenvalue weighted by atomic mass is 32.2. The molecule has 1 aliphatic rings. The van der Waals surface area contributed by atoms with Gasteiger partial charge in [0.15, 0.2) is 0 Å². The van der Waals surface area contributed by atoms with Crippen molar-refractivity contribution in [3.8, 4) is 0 Å². The van der Waals surface area contributed by atoms with Crippen molar-refractivity contribution in [3.63, 3.8) is 0 Å². The number of likely N-dealkylation sites (N-methyl/N-ethyl adjacent to an activating group) is 1. The van der Waals surface area contributed by atoms with Gasteiger partial charge in [0.2, 0.25) is 0 Å². The van der Waals surface area contributed by atoms with E-state index in [0.717, 1.165) is 18.4 Å². The van der Waals surface area contributed by atoms with Gasteiger partial charge >= 0.3 is 0 Å². The van der Waals surface area contributed by atoms with Crippen LogP contribution in [-0.4, -0.2) is 37.3 Å². The first-order valence-corrected chi connectivity index (χ1v) is 6.75. The molecule has 0 heterocycles. The van der Waals surface area contributed by atoms with Gasteiger partial charge in [-0.2, -0.15) is 11.8 Å². The molecule has 0 aromatic carbocycles. The third-order valence-electron chi connectivity index (χ3n) is 2.70. The van der Waals surface area contributed by atoms with Crippen LogP contribution in [0.3, 0.4) is 0 Å². The zero-order valence-electron chi connectivity index (χ0n) is 9.42. The average Bonchev–Trinajstić information content (AvgIpc) is 2.67. The summed E-state index contributed by atoms with van der Waals surface area (Å²) in [7, 11) is 1.78. The molecule has 3 heteroatoms. The van der Waals surface area contributed by atoms with Crippen LogP contribution in [-0.2, 0) is 4.74 Å². The Morgan fingerprint density at radius 2 is 2.14 bits per heavy atom. The van der Waals surface area contributed by atoms with Crippen LogP contribution in [0.5, 0.6) is 0 Å². The molecule has 0 amide bonds. The molecular weight excluding hydrogens is 194 g/mol. The Morgan fingerprint density at radius 1 is 1.43 bits per heavy atom. The van der Waals surface area contributed by atoms with Gasteiger partial charge in [0.1, 0.15) is 0 Å². The fourth-order valence-electron chi connectivity index (χ4n) is 1.96. The summed E-state index contributed by atoms with van der Waals surface area (Å²) >= 11 is 2.13. The maximum absolute atomic E-state index is 5.20. The molecule has 0 aromatic heterocycles. The van der Waals surface area contributed by atoms with E-state index in [9.17, 15) is 0 Å². The summed E-state index contributed by atoms with van der Waals surface area (Å²) in [6.07, 6.45) is 5.73. The molecule has 1 unspecified atom stereocenters. The van der Waals surface area contributed by atoms with Crippen LogP contribution < -0.4 is 5.32 Å². The average molecular weight is 217 g/mol. The summed E-state index contributed by atoms with van der Waals surface area (Å²) in [6.45, 7) is 4.04. The first-order chi connectivity index (χ1) is 6.86. The van der Waals surface area contributed by atoms with E-state index in [-0.39, 0.29) is 0 Å². The molecular formula is C11H23NOS. The summed E-state index contributed by atoms with van der Waals surface area (Å²) in [6, 6.07) is 0.538. The molecule has 1 rings (SSSR count). The van der Waals surface area contributed by atoms with Crippen molar-refractivity contribution in [1.82, 2.24) is 5.32 Å². The van der Waals surface area contributed by atoms with Crippen LogP contribution in [0.15, 0.2) is 0 Å². The summed E-state index contributed by atoms with van der Waals surface area (Å²) in [4.78, 5) is 0. The minimum Gasteiger partial charge on any atom is -0.383 e. The van der Waals surface area contributed by atoms with E-state index in [2.05, 4.69) is 24.0 Å². The van der Waals surface area contributed by atoms with E-state index in [4.69, 9.17) is 4.74 Å². The molecule has 1 N–H and O–H groups in total. The van der Waals surface area contributed by atoms with Crippen LogP contribution in [0.25, 0.3) is 0 Å². The van der Waals surface area contributed by atoms with Crippen molar-refractivity contribution in [2.45, 2.75) is 43.9 Å². The van der Waals surface area contributed by atoms with Crippen LogP contribution in [0.1, 0.15) is 32.6 Å². The molecule has 1 fully saturated rings. The first kappa shape index (κ1) is 12.3. The second-order valence-corrected chi connectivity index (χ2v) is 5.28. The van der Waals surface area contributed by atoms with Crippen molar-refractivity contribution < 1.29 is 4.74 Å². The van der Waals surface area contributed by atoms with Crippen LogP contribution in [0.2, 0.25) is 0 Å². The topological polar surface area (TPSA) is 21.3 Å². The minimum atomic E-state index is 0.538. The smallest absolute Gasteiger partial charge is 0.0623 e. The van der Waals surface area contributed by atoms with E-state index in [1.165, 1.54) is 31.4 Å². The molecule has 0 radical (unpaired) electrons. The monoisotopic (exact) mass is 217 g/mol. The maximum atomic E-state index is 5.20. The zero-order valence-corrected chi connectivity index (χ0v) is 10.2. The predicted molar refractivity (Wildman–Crippen MR) is 64.1 cm³/mol. The summed E-state index contributed by atoms with van der Waals surface area (Å²) in [5.41, 5.74) is 0. The number of rotatable bonds is 7. The Kier molecular flexibility index (Phi) is 6.65. The fourth-order valence-corrected chi connectivity index (χ4v) is 3.35. The van der Waals surface area contributed by atoms with Gasteiger partial charge < -0.3 is 10.1 Å². The molecule has 1 aliphatic carbocycles. The van der Waals surface area contributed by atoms with E-state index < -0.39 is 0 Å². The highest BCUT2D eigenvalue weighted by Gasteiger charge is 2.17. The zero-order chi connectivity index (χ0) is 10.2. The Hall–Kier alpha value is 0.270. The molecule has 0 bridgehead atoms. The molecule has 14 heavy (non-hydrogen) atoms. The number of methoxy groups -OCH3 is 1. The van der Waals surface area contributed by atoms with Gasteiger partial charge in [0, 0.05) is 24.2 Å². The molecule has 0 aromatic rings. The van der Waals surface area contributed by atoms with E-state index in [1.807, 2.05) is 0 Å². The lowest BCUT2D eigenvalue weighted by molar-refractivity contribution is 0.174. The van der Waals surface area contributed by atoms with Gasteiger partial charge in [0.05, 0.1) is 6.61 Å². The maximum Gasteiger partial charge on any atom is 0.0623 e. The fraction of sp³-hybridized carbons (Fsp3) is 1.00. The highest BCUT2D eigenvalue weighted by Crippen LogP contribution is 2.29. The van der Waals surface area contributed by atoms with Crippen molar-refractivity contribution in [2.24, 2.45) is 0 Å². The molecule has 1 saturated carbocycles. The minimum absolute atomic E-state index is 0.538. The molecule has 0 aliphatic heterocycles. The van der Waals surface area contributed by atoms with Crippen molar-refractivity contribution in [2.75, 3.05) is 26.0 Å². The number of hydrogen-bond acceptors (Lipinski definition) is 3. The third kappa shape index (κ3) is 4.67. The summed E-state index contributed by atoms with van der Waals surface area (Å²) < 4.78 is 5.20. The number of ether oxygens (including phenoxy) is 1. The van der Waals surface area contributed by atoms with Gasteiger partial charge in [0.25, 0.3) is 0 Å². The molecule has 0 saturated heterocycles. The Morgan fingerprint density at radius 3 is 2.71 bits per heavy atom. The van der Waals surface area contributed by atoms with Crippen molar-refractivity contribution in [3.05, 3.63) is 0 Å². The Labute approximate surface area is 92.2 Å².